The fraction of sp³-hybridized carbons (Fsp3) is 0.467. The first-order valence-corrected chi connectivity index (χ1v) is 13.8. The number of halogens is 1. The molecule has 0 bridgehead atoms. The van der Waals surface area contributed by atoms with Crippen LogP contribution in [0.15, 0.2) is 53.1 Å². The van der Waals surface area contributed by atoms with Crippen molar-refractivity contribution in [1.82, 2.24) is 19.9 Å². The number of hydrogen-bond acceptors (Lipinski definition) is 5. The summed E-state index contributed by atoms with van der Waals surface area (Å²) in [5.41, 5.74) is 2.53. The van der Waals surface area contributed by atoms with Gasteiger partial charge in [0.05, 0.1) is 0 Å². The highest BCUT2D eigenvalue weighted by Crippen LogP contribution is 2.32. The van der Waals surface area contributed by atoms with Crippen LogP contribution in [0, 0.1) is 0 Å². The molecule has 1 fully saturated rings. The summed E-state index contributed by atoms with van der Waals surface area (Å²) in [4.78, 5) is 35.2. The topological polar surface area (TPSA) is 79.5 Å². The number of rotatable bonds is 8. The highest BCUT2D eigenvalue weighted by Gasteiger charge is 2.33. The van der Waals surface area contributed by atoms with Gasteiger partial charge in [0.2, 0.25) is 17.6 Å². The van der Waals surface area contributed by atoms with Crippen molar-refractivity contribution in [3.63, 3.8) is 0 Å². The summed E-state index contributed by atoms with van der Waals surface area (Å²) >= 11 is 6.13. The van der Waals surface area contributed by atoms with Crippen LogP contribution in [0.4, 0.5) is 0 Å². The number of piperidine rings is 1. The molecule has 1 aromatic heterocycles. The van der Waals surface area contributed by atoms with Crippen molar-refractivity contribution in [3.8, 4) is 11.4 Å². The minimum atomic E-state index is -0.314. The molecule has 1 unspecified atom stereocenters. The van der Waals surface area contributed by atoms with Crippen LogP contribution < -0.4 is 0 Å². The normalized spacial score (nSPS) is 15.9. The second kappa shape index (κ2) is 12.1. The number of unbranched alkanes of at least 4 members (excludes halogenated alkanes) is 1. The quantitative estimate of drug-likeness (QED) is 0.320. The van der Waals surface area contributed by atoms with Crippen LogP contribution in [0.3, 0.4) is 0 Å². The Hall–Kier alpha value is -3.19. The van der Waals surface area contributed by atoms with E-state index in [1.807, 2.05) is 36.4 Å². The summed E-state index contributed by atoms with van der Waals surface area (Å²) < 4.78 is 5.63. The van der Waals surface area contributed by atoms with Crippen LogP contribution in [-0.2, 0) is 10.2 Å². The Labute approximate surface area is 230 Å². The van der Waals surface area contributed by atoms with Crippen molar-refractivity contribution in [1.29, 1.82) is 0 Å². The van der Waals surface area contributed by atoms with Gasteiger partial charge in [-0.2, -0.15) is 4.98 Å². The zero-order chi connectivity index (χ0) is 27.3. The standard InChI is InChI=1S/C30H37ClN4O3/c1-5-6-17-34(29(37)21-13-15-23(16-14-21)30(2,3)4)20-26(36)35-18-8-7-12-25(35)28-32-27(33-38-28)22-10-9-11-24(31)19-22/h9-11,13-16,19,25H,5-8,12,17-18,20H2,1-4H3. The van der Waals surface area contributed by atoms with E-state index in [2.05, 4.69) is 37.8 Å². The summed E-state index contributed by atoms with van der Waals surface area (Å²) in [5.74, 6) is 0.631. The molecule has 0 N–H and O–H groups in total. The van der Waals surface area contributed by atoms with Crippen LogP contribution >= 0.6 is 11.6 Å². The summed E-state index contributed by atoms with van der Waals surface area (Å²) in [5, 5.41) is 4.73. The van der Waals surface area contributed by atoms with E-state index in [-0.39, 0.29) is 29.8 Å². The van der Waals surface area contributed by atoms with Gasteiger partial charge in [-0.15, -0.1) is 0 Å². The monoisotopic (exact) mass is 536 g/mol. The molecule has 2 heterocycles. The molecule has 2 amide bonds. The molecule has 2 aromatic carbocycles. The molecule has 1 aliphatic rings. The SMILES string of the molecule is CCCCN(CC(=O)N1CCCCC1c1nc(-c2cccc(Cl)c2)no1)C(=O)c1ccc(C(C)(C)C)cc1. The second-order valence-corrected chi connectivity index (χ2v) is 11.4. The van der Waals surface area contributed by atoms with Crippen molar-refractivity contribution in [2.45, 2.75) is 71.3 Å². The first-order valence-electron chi connectivity index (χ1n) is 13.5. The lowest BCUT2D eigenvalue weighted by Crippen LogP contribution is -2.46. The van der Waals surface area contributed by atoms with E-state index in [4.69, 9.17) is 16.1 Å². The Balaban J connectivity index is 1.51. The molecule has 8 heteroatoms. The average molecular weight is 537 g/mol. The van der Waals surface area contributed by atoms with Crippen molar-refractivity contribution < 1.29 is 14.1 Å². The molecule has 7 nitrogen and oxygen atoms in total. The van der Waals surface area contributed by atoms with Gasteiger partial charge >= 0.3 is 0 Å². The minimum Gasteiger partial charge on any atom is -0.337 e. The van der Waals surface area contributed by atoms with E-state index in [0.717, 1.165) is 43.2 Å². The maximum atomic E-state index is 13.6. The summed E-state index contributed by atoms with van der Waals surface area (Å²) in [6.07, 6.45) is 4.35. The lowest BCUT2D eigenvalue weighted by Gasteiger charge is -2.35. The summed E-state index contributed by atoms with van der Waals surface area (Å²) in [6.45, 7) is 9.65. The van der Waals surface area contributed by atoms with Gasteiger partial charge in [0.1, 0.15) is 12.6 Å². The molecular formula is C30H37ClN4O3. The van der Waals surface area contributed by atoms with Gasteiger partial charge in [0.15, 0.2) is 0 Å². The number of carbonyl (C=O) groups excluding carboxylic acids is 2. The van der Waals surface area contributed by atoms with Crippen LogP contribution in [0.5, 0.6) is 0 Å². The number of carbonyl (C=O) groups is 2. The smallest absolute Gasteiger partial charge is 0.254 e. The Bertz CT molecular complexity index is 1250. The van der Waals surface area contributed by atoms with Gasteiger partial charge in [0, 0.05) is 29.2 Å². The summed E-state index contributed by atoms with van der Waals surface area (Å²) in [7, 11) is 0. The Morgan fingerprint density at radius 1 is 1.13 bits per heavy atom. The van der Waals surface area contributed by atoms with Crippen LogP contribution in [0.25, 0.3) is 11.4 Å². The summed E-state index contributed by atoms with van der Waals surface area (Å²) in [6, 6.07) is 14.7. The molecule has 1 atom stereocenters. The Morgan fingerprint density at radius 3 is 2.58 bits per heavy atom. The van der Waals surface area contributed by atoms with Crippen LogP contribution in [0.1, 0.15) is 87.7 Å². The van der Waals surface area contributed by atoms with Gasteiger partial charge in [-0.25, -0.2) is 0 Å². The van der Waals surface area contributed by atoms with E-state index in [1.54, 1.807) is 21.9 Å². The van der Waals surface area contributed by atoms with E-state index in [1.165, 1.54) is 0 Å². The van der Waals surface area contributed by atoms with Crippen molar-refractivity contribution in [2.24, 2.45) is 0 Å². The molecule has 38 heavy (non-hydrogen) atoms. The molecule has 0 spiro atoms. The zero-order valence-electron chi connectivity index (χ0n) is 22.7. The zero-order valence-corrected chi connectivity index (χ0v) is 23.5. The van der Waals surface area contributed by atoms with Crippen molar-refractivity contribution >= 4 is 23.4 Å². The maximum absolute atomic E-state index is 13.6. The van der Waals surface area contributed by atoms with Gasteiger partial charge in [-0.3, -0.25) is 9.59 Å². The molecule has 0 radical (unpaired) electrons. The number of benzene rings is 2. The molecule has 1 saturated heterocycles. The molecule has 0 saturated carbocycles. The number of hydrogen-bond donors (Lipinski definition) is 0. The van der Waals surface area contributed by atoms with Crippen molar-refractivity contribution in [2.75, 3.05) is 19.6 Å². The third kappa shape index (κ3) is 6.62. The average Bonchev–Trinajstić information content (AvgIpc) is 3.40. The first-order chi connectivity index (χ1) is 18.2. The van der Waals surface area contributed by atoms with E-state index < -0.39 is 0 Å². The first kappa shape index (κ1) is 27.8. The lowest BCUT2D eigenvalue weighted by molar-refractivity contribution is -0.136. The number of nitrogens with zero attached hydrogens (tertiary/aromatic N) is 4. The Morgan fingerprint density at radius 2 is 1.89 bits per heavy atom. The maximum Gasteiger partial charge on any atom is 0.254 e. The lowest BCUT2D eigenvalue weighted by atomic mass is 9.86. The number of amides is 2. The van der Waals surface area contributed by atoms with Crippen LogP contribution in [0.2, 0.25) is 5.02 Å². The third-order valence-corrected chi connectivity index (χ3v) is 7.26. The van der Waals surface area contributed by atoms with E-state index in [9.17, 15) is 9.59 Å². The molecule has 0 aliphatic carbocycles. The van der Waals surface area contributed by atoms with Gasteiger partial charge in [-0.1, -0.05) is 75.1 Å². The van der Waals surface area contributed by atoms with E-state index in [0.29, 0.717) is 35.4 Å². The predicted molar refractivity (Wildman–Crippen MR) is 149 cm³/mol. The predicted octanol–water partition coefficient (Wildman–Crippen LogP) is 6.68. The van der Waals surface area contributed by atoms with Crippen molar-refractivity contribution in [3.05, 3.63) is 70.6 Å². The van der Waals surface area contributed by atoms with E-state index >= 15 is 0 Å². The van der Waals surface area contributed by atoms with Gasteiger partial charge < -0.3 is 14.3 Å². The number of likely N-dealkylation sites (tertiary alicyclic amines) is 1. The highest BCUT2D eigenvalue weighted by molar-refractivity contribution is 6.30. The second-order valence-electron chi connectivity index (χ2n) is 11.0. The number of aromatic nitrogens is 2. The van der Waals surface area contributed by atoms with Gasteiger partial charge in [-0.05, 0) is 60.9 Å². The fourth-order valence-electron chi connectivity index (χ4n) is 4.75. The molecule has 1 aliphatic heterocycles. The minimum absolute atomic E-state index is 0.00407. The molecule has 3 aromatic rings. The molecule has 4 rings (SSSR count). The highest BCUT2D eigenvalue weighted by atomic mass is 35.5. The third-order valence-electron chi connectivity index (χ3n) is 7.03. The fourth-order valence-corrected chi connectivity index (χ4v) is 4.94. The Kier molecular flexibility index (Phi) is 8.87. The molecule has 202 valence electrons. The van der Waals surface area contributed by atoms with Crippen LogP contribution in [-0.4, -0.2) is 51.4 Å². The largest absolute Gasteiger partial charge is 0.337 e. The molecular weight excluding hydrogens is 500 g/mol. The van der Waals surface area contributed by atoms with Gasteiger partial charge in [0.25, 0.3) is 5.91 Å².